The number of hydrogen-bond donors (Lipinski definition) is 2. The molecule has 0 saturated carbocycles. The van der Waals surface area contributed by atoms with E-state index in [2.05, 4.69) is 81.5 Å². The minimum absolute atomic E-state index is 0.0422. The Hall–Kier alpha value is -3.08. The second-order valence-corrected chi connectivity index (χ2v) is 17.7. The lowest BCUT2D eigenvalue weighted by atomic mass is 10.1. The third-order valence-electron chi connectivity index (χ3n) is 10.1. The number of aliphatic hydroxyl groups excluding tert-OH is 1. The fraction of sp³-hybridized carbons (Fsp3) is 0.712. The number of hydrogen-bond acceptors (Lipinski definition) is 10. The standard InChI is InChI=1S/C52H89O11P/c1-4-7-10-13-16-19-21-23-24-26-27-30-32-35-38-41-50(54)59-45-49(63-52(56)43-40-37-34-31-28-25-22-20-17-14-11-8-5-2)47-61-64(57,58)60-46-48(44-53)62-51(55)42-39-36-33-29-18-15-12-9-6-3/h8,11,16-17,19-20,23-25,28,34,37,48-49,53H,4-7,9-10,12-15,18,21-22,26-27,29-33,35-36,38-47H2,1-3H3,(H,57,58)/b11-8-,19-16-,20-17-,24-23-,28-25-,37-34-. The van der Waals surface area contributed by atoms with Crippen molar-refractivity contribution >= 4 is 25.7 Å². The molecule has 0 aliphatic carbocycles. The van der Waals surface area contributed by atoms with Gasteiger partial charge in [0.25, 0.3) is 0 Å². The summed E-state index contributed by atoms with van der Waals surface area (Å²) >= 11 is 0. The summed E-state index contributed by atoms with van der Waals surface area (Å²) in [7, 11) is -4.76. The van der Waals surface area contributed by atoms with E-state index in [9.17, 15) is 28.9 Å². The van der Waals surface area contributed by atoms with Crippen LogP contribution in [0.5, 0.6) is 0 Å². The lowest BCUT2D eigenvalue weighted by molar-refractivity contribution is -0.161. The first-order chi connectivity index (χ1) is 31.2. The number of phosphoric acid groups is 1. The highest BCUT2D eigenvalue weighted by molar-refractivity contribution is 7.47. The third-order valence-corrected chi connectivity index (χ3v) is 11.1. The van der Waals surface area contributed by atoms with E-state index in [-0.39, 0.29) is 25.9 Å². The van der Waals surface area contributed by atoms with Gasteiger partial charge in [0.2, 0.25) is 0 Å². The zero-order valence-electron chi connectivity index (χ0n) is 40.2. The van der Waals surface area contributed by atoms with Crippen LogP contribution in [0.25, 0.3) is 0 Å². The SMILES string of the molecule is CC/C=C\C/C=C\C/C=C\C/C=C\CCC(=O)OC(COC(=O)CCCCCCC/C=C\C/C=C\CCCCC)COP(=O)(O)OCC(CO)OC(=O)CCCCCCCCCCC. The van der Waals surface area contributed by atoms with Crippen molar-refractivity contribution in [3.05, 3.63) is 72.9 Å². The van der Waals surface area contributed by atoms with Gasteiger partial charge in [0.15, 0.2) is 6.10 Å². The molecule has 64 heavy (non-hydrogen) atoms. The molecule has 11 nitrogen and oxygen atoms in total. The highest BCUT2D eigenvalue weighted by Gasteiger charge is 2.28. The maximum Gasteiger partial charge on any atom is 0.472 e. The van der Waals surface area contributed by atoms with E-state index in [1.54, 1.807) is 0 Å². The van der Waals surface area contributed by atoms with Gasteiger partial charge in [-0.2, -0.15) is 0 Å². The van der Waals surface area contributed by atoms with Crippen LogP contribution in [0.1, 0.15) is 201 Å². The lowest BCUT2D eigenvalue weighted by Gasteiger charge is -2.21. The highest BCUT2D eigenvalue weighted by Crippen LogP contribution is 2.43. The monoisotopic (exact) mass is 921 g/mol. The predicted molar refractivity (Wildman–Crippen MR) is 261 cm³/mol. The molecular formula is C52H89O11P. The van der Waals surface area contributed by atoms with Crippen molar-refractivity contribution in [3.63, 3.8) is 0 Å². The molecule has 0 amide bonds. The predicted octanol–water partition coefficient (Wildman–Crippen LogP) is 13.8. The van der Waals surface area contributed by atoms with Crippen molar-refractivity contribution in [2.24, 2.45) is 0 Å². The summed E-state index contributed by atoms with van der Waals surface area (Å²) in [5.74, 6) is -1.59. The Bertz CT molecular complexity index is 1350. The van der Waals surface area contributed by atoms with Crippen LogP contribution in [0.4, 0.5) is 0 Å². The molecule has 0 saturated heterocycles. The van der Waals surface area contributed by atoms with Gasteiger partial charge in [-0.05, 0) is 77.0 Å². The molecule has 0 spiro atoms. The second-order valence-electron chi connectivity index (χ2n) is 16.2. The largest absolute Gasteiger partial charge is 0.472 e. The number of carbonyl (C=O) groups excluding carboxylic acids is 3. The number of phosphoric ester groups is 1. The molecule has 3 unspecified atom stereocenters. The first kappa shape index (κ1) is 60.9. The van der Waals surface area contributed by atoms with Gasteiger partial charge in [-0.15, -0.1) is 0 Å². The second kappa shape index (κ2) is 46.4. The number of aliphatic hydroxyl groups is 1. The molecule has 0 aliphatic heterocycles. The number of ether oxygens (including phenoxy) is 3. The van der Waals surface area contributed by atoms with Crippen LogP contribution >= 0.6 is 7.82 Å². The van der Waals surface area contributed by atoms with E-state index in [4.69, 9.17) is 23.3 Å². The minimum atomic E-state index is -4.76. The number of carbonyl (C=O) groups is 3. The molecule has 3 atom stereocenters. The molecule has 0 rings (SSSR count). The Balaban J connectivity index is 4.86. The van der Waals surface area contributed by atoms with E-state index in [0.29, 0.717) is 19.3 Å². The Morgan fingerprint density at radius 3 is 1.38 bits per heavy atom. The molecule has 12 heteroatoms. The van der Waals surface area contributed by atoms with Gasteiger partial charge >= 0.3 is 25.7 Å². The minimum Gasteiger partial charge on any atom is -0.462 e. The maximum atomic E-state index is 12.8. The van der Waals surface area contributed by atoms with Crippen LogP contribution in [0.2, 0.25) is 0 Å². The molecule has 0 bridgehead atoms. The Morgan fingerprint density at radius 1 is 0.453 bits per heavy atom. The van der Waals surface area contributed by atoms with Crippen LogP contribution in [0.15, 0.2) is 72.9 Å². The molecule has 2 N–H and O–H groups in total. The summed E-state index contributed by atoms with van der Waals surface area (Å²) in [6.07, 6.45) is 49.0. The van der Waals surface area contributed by atoms with Crippen LogP contribution in [-0.2, 0) is 42.2 Å². The van der Waals surface area contributed by atoms with Crippen LogP contribution in [0, 0.1) is 0 Å². The van der Waals surface area contributed by atoms with E-state index < -0.39 is 57.8 Å². The van der Waals surface area contributed by atoms with Crippen molar-refractivity contribution in [2.45, 2.75) is 213 Å². The summed E-state index contributed by atoms with van der Waals surface area (Å²) in [4.78, 5) is 48.1. The first-order valence-electron chi connectivity index (χ1n) is 24.8. The van der Waals surface area contributed by atoms with Gasteiger partial charge < -0.3 is 24.2 Å². The average molecular weight is 921 g/mol. The molecule has 0 aromatic carbocycles. The summed E-state index contributed by atoms with van der Waals surface area (Å²) in [6, 6.07) is 0. The number of esters is 3. The molecule has 368 valence electrons. The number of allylic oxidation sites excluding steroid dienone is 12. The molecule has 0 aromatic rings. The Labute approximate surface area is 388 Å². The first-order valence-corrected chi connectivity index (χ1v) is 26.3. The molecule has 0 heterocycles. The molecule has 0 aliphatic rings. The molecular weight excluding hydrogens is 832 g/mol. The van der Waals surface area contributed by atoms with E-state index in [0.717, 1.165) is 89.9 Å². The average Bonchev–Trinajstić information content (AvgIpc) is 3.28. The molecule has 0 aromatic heterocycles. The zero-order chi connectivity index (χ0) is 47.0. The molecule has 0 fully saturated rings. The van der Waals surface area contributed by atoms with Crippen LogP contribution in [-0.4, -0.2) is 66.5 Å². The van der Waals surface area contributed by atoms with Gasteiger partial charge in [0.1, 0.15) is 12.7 Å². The van der Waals surface area contributed by atoms with Gasteiger partial charge in [-0.25, -0.2) is 4.57 Å². The van der Waals surface area contributed by atoms with Crippen molar-refractivity contribution in [2.75, 3.05) is 26.4 Å². The van der Waals surface area contributed by atoms with E-state index in [1.807, 2.05) is 12.2 Å². The fourth-order valence-corrected chi connectivity index (χ4v) is 7.12. The Kier molecular flexibility index (Phi) is 44.2. The smallest absolute Gasteiger partial charge is 0.462 e. The summed E-state index contributed by atoms with van der Waals surface area (Å²) < 4.78 is 39.1. The molecule has 0 radical (unpaired) electrons. The van der Waals surface area contributed by atoms with Gasteiger partial charge in [-0.1, -0.05) is 177 Å². The van der Waals surface area contributed by atoms with Crippen molar-refractivity contribution < 1.29 is 52.2 Å². The van der Waals surface area contributed by atoms with Crippen LogP contribution < -0.4 is 0 Å². The summed E-state index contributed by atoms with van der Waals surface area (Å²) in [5, 5.41) is 9.73. The van der Waals surface area contributed by atoms with E-state index >= 15 is 0 Å². The van der Waals surface area contributed by atoms with Crippen LogP contribution in [0.3, 0.4) is 0 Å². The number of rotatable bonds is 45. The van der Waals surface area contributed by atoms with Crippen molar-refractivity contribution in [3.8, 4) is 0 Å². The summed E-state index contributed by atoms with van der Waals surface area (Å²) in [6.45, 7) is 4.35. The van der Waals surface area contributed by atoms with Gasteiger partial charge in [-0.3, -0.25) is 23.4 Å². The Morgan fingerprint density at radius 2 is 0.844 bits per heavy atom. The summed E-state index contributed by atoms with van der Waals surface area (Å²) in [5.41, 5.74) is 0. The lowest BCUT2D eigenvalue weighted by Crippen LogP contribution is -2.30. The third kappa shape index (κ3) is 44.1. The normalized spacial score (nSPS) is 14.1. The van der Waals surface area contributed by atoms with E-state index in [1.165, 1.54) is 51.4 Å². The maximum absolute atomic E-state index is 12.8. The fourth-order valence-electron chi connectivity index (χ4n) is 6.34. The quantitative estimate of drug-likeness (QED) is 0.0197. The number of unbranched alkanes of at least 4 members (excludes halogenated alkanes) is 16. The van der Waals surface area contributed by atoms with Crippen molar-refractivity contribution in [1.82, 2.24) is 0 Å². The highest BCUT2D eigenvalue weighted by atomic mass is 31.2. The van der Waals surface area contributed by atoms with Gasteiger partial charge in [0, 0.05) is 19.3 Å². The zero-order valence-corrected chi connectivity index (χ0v) is 41.1. The van der Waals surface area contributed by atoms with Crippen molar-refractivity contribution in [1.29, 1.82) is 0 Å². The topological polar surface area (TPSA) is 155 Å². The van der Waals surface area contributed by atoms with Gasteiger partial charge in [0.05, 0.1) is 19.8 Å².